The Bertz CT molecular complexity index is 417. The second kappa shape index (κ2) is 3.83. The predicted octanol–water partition coefficient (Wildman–Crippen LogP) is 1.80. The zero-order chi connectivity index (χ0) is 11.0. The number of carbonyl (C=O) groups is 1. The van der Waals surface area contributed by atoms with Gasteiger partial charge in [-0.3, -0.25) is 4.79 Å². The number of fused-ring (bicyclic) bond motifs is 1. The smallest absolute Gasteiger partial charge is 0.176 e. The van der Waals surface area contributed by atoms with Crippen molar-refractivity contribution in [1.82, 2.24) is 0 Å². The van der Waals surface area contributed by atoms with E-state index in [1.54, 1.807) is 6.07 Å². The average molecular weight is 226 g/mol. The molecule has 15 heavy (non-hydrogen) atoms. The number of ether oxygens (including phenoxy) is 1. The van der Waals surface area contributed by atoms with Crippen LogP contribution in [0.5, 0.6) is 5.75 Å². The van der Waals surface area contributed by atoms with Gasteiger partial charge in [0.1, 0.15) is 11.9 Å². The van der Waals surface area contributed by atoms with E-state index in [-0.39, 0.29) is 18.4 Å². The van der Waals surface area contributed by atoms with Gasteiger partial charge in [0, 0.05) is 17.5 Å². The molecular formula is C11H12ClNO2. The monoisotopic (exact) mass is 225 g/mol. The molecule has 1 aliphatic rings. The second-order valence-corrected chi connectivity index (χ2v) is 4.11. The Morgan fingerprint density at radius 2 is 2.40 bits per heavy atom. The third kappa shape index (κ3) is 1.85. The quantitative estimate of drug-likeness (QED) is 0.781. The van der Waals surface area contributed by atoms with Crippen LogP contribution in [0.4, 0.5) is 0 Å². The summed E-state index contributed by atoms with van der Waals surface area (Å²) < 4.78 is 5.53. The van der Waals surface area contributed by atoms with Crippen LogP contribution < -0.4 is 10.5 Å². The maximum Gasteiger partial charge on any atom is 0.176 e. The highest BCUT2D eigenvalue weighted by Gasteiger charge is 2.23. The van der Waals surface area contributed by atoms with E-state index < -0.39 is 0 Å². The molecule has 1 atom stereocenters. The van der Waals surface area contributed by atoms with Crippen molar-refractivity contribution in [3.63, 3.8) is 0 Å². The maximum absolute atomic E-state index is 11.4. The van der Waals surface area contributed by atoms with Crippen molar-refractivity contribution in [3.8, 4) is 5.75 Å². The molecule has 0 fully saturated rings. The van der Waals surface area contributed by atoms with Crippen LogP contribution in [0, 0.1) is 0 Å². The number of ketones is 1. The van der Waals surface area contributed by atoms with E-state index in [0.29, 0.717) is 16.3 Å². The zero-order valence-corrected chi connectivity index (χ0v) is 9.17. The molecule has 1 aromatic rings. The lowest BCUT2D eigenvalue weighted by molar-refractivity contribution is 0.100. The van der Waals surface area contributed by atoms with Gasteiger partial charge in [-0.15, -0.1) is 0 Å². The molecule has 3 nitrogen and oxygen atoms in total. The number of hydrogen-bond acceptors (Lipinski definition) is 3. The first kappa shape index (κ1) is 10.5. The summed E-state index contributed by atoms with van der Waals surface area (Å²) in [6.45, 7) is 1.98. The minimum atomic E-state index is -0.0979. The third-order valence-electron chi connectivity index (χ3n) is 2.45. The molecule has 0 aliphatic carbocycles. The van der Waals surface area contributed by atoms with E-state index >= 15 is 0 Å². The summed E-state index contributed by atoms with van der Waals surface area (Å²) in [5.41, 5.74) is 6.86. The Hall–Kier alpha value is -1.06. The topological polar surface area (TPSA) is 52.3 Å². The summed E-state index contributed by atoms with van der Waals surface area (Å²) in [6.07, 6.45) is 0.918. The fraction of sp³-hybridized carbons (Fsp3) is 0.364. The lowest BCUT2D eigenvalue weighted by Crippen LogP contribution is -2.13. The van der Waals surface area contributed by atoms with E-state index in [0.717, 1.165) is 12.0 Å². The summed E-state index contributed by atoms with van der Waals surface area (Å²) in [5, 5.41) is 0.494. The standard InChI is InChI=1S/C11H12ClNO2/c1-6-2-8-3-7(10(14)5-13)4-9(12)11(8)15-6/h3-4,6H,2,5,13H2,1H3. The molecule has 1 aromatic carbocycles. The summed E-state index contributed by atoms with van der Waals surface area (Å²) in [6, 6.07) is 3.44. The number of carbonyl (C=O) groups excluding carboxylic acids is 1. The molecule has 4 heteroatoms. The van der Waals surface area contributed by atoms with Gasteiger partial charge in [0.05, 0.1) is 11.6 Å². The minimum Gasteiger partial charge on any atom is -0.489 e. The van der Waals surface area contributed by atoms with Crippen LogP contribution in [0.3, 0.4) is 0 Å². The van der Waals surface area contributed by atoms with Gasteiger partial charge < -0.3 is 10.5 Å². The number of hydrogen-bond donors (Lipinski definition) is 1. The van der Waals surface area contributed by atoms with Gasteiger partial charge >= 0.3 is 0 Å². The number of halogens is 1. The van der Waals surface area contributed by atoms with Crippen LogP contribution >= 0.6 is 11.6 Å². The highest BCUT2D eigenvalue weighted by atomic mass is 35.5. The summed E-state index contributed by atoms with van der Waals surface area (Å²) in [4.78, 5) is 11.4. The molecule has 0 saturated heterocycles. The first-order chi connectivity index (χ1) is 7.11. The summed E-state index contributed by atoms with van der Waals surface area (Å²) in [5.74, 6) is 0.608. The molecule has 0 bridgehead atoms. The third-order valence-corrected chi connectivity index (χ3v) is 2.74. The van der Waals surface area contributed by atoms with Crippen molar-refractivity contribution in [2.75, 3.05) is 6.54 Å². The fourth-order valence-electron chi connectivity index (χ4n) is 1.77. The van der Waals surface area contributed by atoms with Gasteiger partial charge in [-0.25, -0.2) is 0 Å². The molecule has 1 unspecified atom stereocenters. The molecule has 0 saturated carbocycles. The van der Waals surface area contributed by atoms with Crippen LogP contribution in [0.2, 0.25) is 5.02 Å². The molecule has 0 aromatic heterocycles. The zero-order valence-electron chi connectivity index (χ0n) is 8.42. The molecular weight excluding hydrogens is 214 g/mol. The van der Waals surface area contributed by atoms with Crippen LogP contribution in [0.15, 0.2) is 12.1 Å². The Morgan fingerprint density at radius 1 is 1.67 bits per heavy atom. The van der Waals surface area contributed by atoms with Crippen LogP contribution in [0.25, 0.3) is 0 Å². The number of nitrogens with two attached hydrogens (primary N) is 1. The number of benzene rings is 1. The highest BCUT2D eigenvalue weighted by Crippen LogP contribution is 2.36. The van der Waals surface area contributed by atoms with Crippen molar-refractivity contribution in [3.05, 3.63) is 28.3 Å². The van der Waals surface area contributed by atoms with Gasteiger partial charge in [-0.05, 0) is 19.1 Å². The molecule has 0 spiro atoms. The van der Waals surface area contributed by atoms with E-state index in [9.17, 15) is 4.79 Å². The Labute approximate surface area is 93.2 Å². The number of Topliss-reactive ketones (excluding diaryl/α,β-unsaturated/α-hetero) is 1. The Kier molecular flexibility index (Phi) is 2.67. The van der Waals surface area contributed by atoms with Gasteiger partial charge in [-0.1, -0.05) is 11.6 Å². The molecule has 2 N–H and O–H groups in total. The molecule has 2 rings (SSSR count). The van der Waals surface area contributed by atoms with Crippen molar-refractivity contribution < 1.29 is 9.53 Å². The van der Waals surface area contributed by atoms with Crippen molar-refractivity contribution in [1.29, 1.82) is 0 Å². The van der Waals surface area contributed by atoms with Crippen LogP contribution in [0.1, 0.15) is 22.8 Å². The molecule has 1 heterocycles. The Morgan fingerprint density at radius 3 is 3.07 bits per heavy atom. The SMILES string of the molecule is CC1Cc2cc(C(=O)CN)cc(Cl)c2O1. The normalized spacial score (nSPS) is 18.5. The predicted molar refractivity (Wildman–Crippen MR) is 58.6 cm³/mol. The first-order valence-electron chi connectivity index (χ1n) is 4.84. The lowest BCUT2D eigenvalue weighted by Gasteiger charge is -2.05. The first-order valence-corrected chi connectivity index (χ1v) is 5.22. The van der Waals surface area contributed by atoms with E-state index in [4.69, 9.17) is 22.1 Å². The van der Waals surface area contributed by atoms with Crippen LogP contribution in [-0.2, 0) is 6.42 Å². The van der Waals surface area contributed by atoms with Crippen molar-refractivity contribution >= 4 is 17.4 Å². The number of rotatable bonds is 2. The molecule has 1 aliphatic heterocycles. The van der Waals surface area contributed by atoms with E-state index in [1.807, 2.05) is 13.0 Å². The fourth-order valence-corrected chi connectivity index (χ4v) is 2.05. The minimum absolute atomic E-state index is 0.00548. The maximum atomic E-state index is 11.4. The van der Waals surface area contributed by atoms with Crippen molar-refractivity contribution in [2.45, 2.75) is 19.4 Å². The summed E-state index contributed by atoms with van der Waals surface area (Å²) >= 11 is 6.02. The second-order valence-electron chi connectivity index (χ2n) is 3.71. The molecule has 0 radical (unpaired) electrons. The van der Waals surface area contributed by atoms with E-state index in [1.165, 1.54) is 0 Å². The largest absolute Gasteiger partial charge is 0.489 e. The molecule has 0 amide bonds. The Balaban J connectivity index is 2.44. The van der Waals surface area contributed by atoms with Gasteiger partial charge in [-0.2, -0.15) is 0 Å². The van der Waals surface area contributed by atoms with E-state index in [2.05, 4.69) is 0 Å². The molecule has 80 valence electrons. The van der Waals surface area contributed by atoms with Crippen molar-refractivity contribution in [2.24, 2.45) is 5.73 Å². The highest BCUT2D eigenvalue weighted by molar-refractivity contribution is 6.32. The average Bonchev–Trinajstić information content (AvgIpc) is 2.58. The van der Waals surface area contributed by atoms with Gasteiger partial charge in [0.2, 0.25) is 0 Å². The van der Waals surface area contributed by atoms with Crippen LogP contribution in [-0.4, -0.2) is 18.4 Å². The summed E-state index contributed by atoms with van der Waals surface area (Å²) in [7, 11) is 0. The lowest BCUT2D eigenvalue weighted by atomic mass is 10.0. The van der Waals surface area contributed by atoms with Gasteiger partial charge in [0.25, 0.3) is 0 Å². The van der Waals surface area contributed by atoms with Gasteiger partial charge in [0.15, 0.2) is 5.78 Å².